The highest BCUT2D eigenvalue weighted by molar-refractivity contribution is 4.78. The Bertz CT molecular complexity index is 169. The molecular weight excluding hydrogens is 164 g/mol. The molecule has 2 heteroatoms. The van der Waals surface area contributed by atoms with Gasteiger partial charge in [-0.05, 0) is 12.8 Å². The molecule has 2 nitrogen and oxygen atoms in total. The van der Waals surface area contributed by atoms with Crippen molar-refractivity contribution in [1.29, 1.82) is 0 Å². The third-order valence-electron chi connectivity index (χ3n) is 2.16. The molecule has 2 atom stereocenters. The van der Waals surface area contributed by atoms with Crippen molar-refractivity contribution in [2.45, 2.75) is 46.0 Å². The standard InChI is InChI=1S/C11H20O2/c1-5-6-9-7-8-12-10(13-9)11(2,3)4/h5,9-10H,1,6-8H2,2-4H3/t9-,10-/m0/s1. The summed E-state index contributed by atoms with van der Waals surface area (Å²) < 4.78 is 11.4. The molecule has 0 aromatic rings. The van der Waals surface area contributed by atoms with Crippen LogP contribution < -0.4 is 0 Å². The lowest BCUT2D eigenvalue weighted by Crippen LogP contribution is -2.40. The first-order valence-corrected chi connectivity index (χ1v) is 4.92. The molecule has 0 saturated carbocycles. The van der Waals surface area contributed by atoms with Gasteiger partial charge in [0.05, 0.1) is 12.7 Å². The minimum Gasteiger partial charge on any atom is -0.352 e. The Kier molecular flexibility index (Phi) is 3.51. The van der Waals surface area contributed by atoms with Gasteiger partial charge in [0, 0.05) is 5.41 Å². The van der Waals surface area contributed by atoms with Crippen LogP contribution in [0.2, 0.25) is 0 Å². The van der Waals surface area contributed by atoms with E-state index in [-0.39, 0.29) is 11.7 Å². The second-order valence-corrected chi connectivity index (χ2v) is 4.64. The highest BCUT2D eigenvalue weighted by Gasteiger charge is 2.31. The van der Waals surface area contributed by atoms with Crippen molar-refractivity contribution >= 4 is 0 Å². The molecule has 1 aliphatic rings. The summed E-state index contributed by atoms with van der Waals surface area (Å²) >= 11 is 0. The van der Waals surface area contributed by atoms with Gasteiger partial charge in [0.15, 0.2) is 6.29 Å². The topological polar surface area (TPSA) is 18.5 Å². The fourth-order valence-electron chi connectivity index (χ4n) is 1.40. The van der Waals surface area contributed by atoms with Crippen LogP contribution in [0.4, 0.5) is 0 Å². The molecule has 1 heterocycles. The Hall–Kier alpha value is -0.340. The van der Waals surface area contributed by atoms with Gasteiger partial charge in [-0.1, -0.05) is 26.8 Å². The third-order valence-corrected chi connectivity index (χ3v) is 2.16. The van der Waals surface area contributed by atoms with Gasteiger partial charge < -0.3 is 9.47 Å². The molecule has 13 heavy (non-hydrogen) atoms. The average molecular weight is 184 g/mol. The number of rotatable bonds is 2. The van der Waals surface area contributed by atoms with Gasteiger partial charge in [-0.15, -0.1) is 6.58 Å². The van der Waals surface area contributed by atoms with E-state index >= 15 is 0 Å². The first kappa shape index (κ1) is 10.7. The summed E-state index contributed by atoms with van der Waals surface area (Å²) in [5, 5.41) is 0. The van der Waals surface area contributed by atoms with Crippen LogP contribution in [-0.4, -0.2) is 19.0 Å². The Morgan fingerprint density at radius 2 is 2.15 bits per heavy atom. The van der Waals surface area contributed by atoms with Crippen molar-refractivity contribution < 1.29 is 9.47 Å². The smallest absolute Gasteiger partial charge is 0.162 e. The lowest BCUT2D eigenvalue weighted by Gasteiger charge is -2.37. The molecule has 0 aliphatic carbocycles. The molecule has 0 unspecified atom stereocenters. The van der Waals surface area contributed by atoms with Crippen LogP contribution in [0, 0.1) is 5.41 Å². The number of hydrogen-bond acceptors (Lipinski definition) is 2. The fraction of sp³-hybridized carbons (Fsp3) is 0.818. The van der Waals surface area contributed by atoms with Crippen LogP contribution in [0.5, 0.6) is 0 Å². The molecule has 1 saturated heterocycles. The van der Waals surface area contributed by atoms with Crippen molar-refractivity contribution in [3.63, 3.8) is 0 Å². The monoisotopic (exact) mass is 184 g/mol. The van der Waals surface area contributed by atoms with E-state index in [1.54, 1.807) is 0 Å². The molecule has 0 N–H and O–H groups in total. The van der Waals surface area contributed by atoms with E-state index in [1.807, 2.05) is 6.08 Å². The van der Waals surface area contributed by atoms with E-state index in [1.165, 1.54) is 0 Å². The second kappa shape index (κ2) is 4.25. The van der Waals surface area contributed by atoms with Gasteiger partial charge in [0.1, 0.15) is 0 Å². The van der Waals surface area contributed by atoms with Crippen LogP contribution in [-0.2, 0) is 9.47 Å². The Balaban J connectivity index is 2.46. The summed E-state index contributed by atoms with van der Waals surface area (Å²) in [4.78, 5) is 0. The summed E-state index contributed by atoms with van der Waals surface area (Å²) in [7, 11) is 0. The van der Waals surface area contributed by atoms with Crippen molar-refractivity contribution in [3.05, 3.63) is 12.7 Å². The van der Waals surface area contributed by atoms with E-state index in [2.05, 4.69) is 27.4 Å². The molecule has 1 aliphatic heterocycles. The van der Waals surface area contributed by atoms with Crippen LogP contribution >= 0.6 is 0 Å². The molecule has 0 aromatic heterocycles. The van der Waals surface area contributed by atoms with Crippen LogP contribution in [0.1, 0.15) is 33.6 Å². The summed E-state index contributed by atoms with van der Waals surface area (Å²) in [5.74, 6) is 0. The van der Waals surface area contributed by atoms with Crippen molar-refractivity contribution in [2.24, 2.45) is 5.41 Å². The van der Waals surface area contributed by atoms with Crippen molar-refractivity contribution in [3.8, 4) is 0 Å². The van der Waals surface area contributed by atoms with Gasteiger partial charge >= 0.3 is 0 Å². The highest BCUT2D eigenvalue weighted by atomic mass is 16.7. The maximum absolute atomic E-state index is 5.80. The molecule has 1 fully saturated rings. The molecule has 0 radical (unpaired) electrons. The van der Waals surface area contributed by atoms with Gasteiger partial charge in [0.25, 0.3) is 0 Å². The van der Waals surface area contributed by atoms with E-state index < -0.39 is 0 Å². The number of hydrogen-bond donors (Lipinski definition) is 0. The van der Waals surface area contributed by atoms with Crippen molar-refractivity contribution in [2.75, 3.05) is 6.61 Å². The predicted octanol–water partition coefficient (Wildman–Crippen LogP) is 2.74. The van der Waals surface area contributed by atoms with Gasteiger partial charge in [-0.25, -0.2) is 0 Å². The predicted molar refractivity (Wildman–Crippen MR) is 53.5 cm³/mol. The zero-order valence-electron chi connectivity index (χ0n) is 8.88. The molecule has 1 rings (SSSR count). The van der Waals surface area contributed by atoms with Gasteiger partial charge in [-0.2, -0.15) is 0 Å². The lowest BCUT2D eigenvalue weighted by molar-refractivity contribution is -0.251. The number of ether oxygens (including phenoxy) is 2. The molecule has 0 amide bonds. The summed E-state index contributed by atoms with van der Waals surface area (Å²) in [5.41, 5.74) is 0.0693. The highest BCUT2D eigenvalue weighted by Crippen LogP contribution is 2.29. The minimum atomic E-state index is -0.0637. The average Bonchev–Trinajstić information content (AvgIpc) is 2.04. The Morgan fingerprint density at radius 3 is 2.69 bits per heavy atom. The zero-order chi connectivity index (χ0) is 9.90. The first-order valence-electron chi connectivity index (χ1n) is 4.92. The quantitative estimate of drug-likeness (QED) is 0.614. The van der Waals surface area contributed by atoms with E-state index in [0.29, 0.717) is 6.10 Å². The zero-order valence-corrected chi connectivity index (χ0v) is 8.88. The van der Waals surface area contributed by atoms with E-state index in [9.17, 15) is 0 Å². The Morgan fingerprint density at radius 1 is 1.46 bits per heavy atom. The molecule has 0 aromatic carbocycles. The third kappa shape index (κ3) is 3.12. The molecule has 76 valence electrons. The minimum absolute atomic E-state index is 0.0637. The van der Waals surface area contributed by atoms with Crippen LogP contribution in [0.25, 0.3) is 0 Å². The fourth-order valence-corrected chi connectivity index (χ4v) is 1.40. The van der Waals surface area contributed by atoms with E-state index in [4.69, 9.17) is 9.47 Å². The SMILES string of the molecule is C=CC[C@H]1CCO[C@H](C(C)(C)C)O1. The van der Waals surface area contributed by atoms with Crippen LogP contribution in [0.3, 0.4) is 0 Å². The largest absolute Gasteiger partial charge is 0.352 e. The van der Waals surface area contributed by atoms with E-state index in [0.717, 1.165) is 19.4 Å². The summed E-state index contributed by atoms with van der Waals surface area (Å²) in [6.07, 6.45) is 4.06. The molecule has 0 bridgehead atoms. The van der Waals surface area contributed by atoms with Gasteiger partial charge in [0.2, 0.25) is 0 Å². The summed E-state index contributed by atoms with van der Waals surface area (Å²) in [6, 6.07) is 0. The summed E-state index contributed by atoms with van der Waals surface area (Å²) in [6.45, 7) is 10.9. The maximum Gasteiger partial charge on any atom is 0.162 e. The maximum atomic E-state index is 5.80. The molecule has 0 spiro atoms. The van der Waals surface area contributed by atoms with Gasteiger partial charge in [-0.3, -0.25) is 0 Å². The van der Waals surface area contributed by atoms with Crippen LogP contribution in [0.15, 0.2) is 12.7 Å². The lowest BCUT2D eigenvalue weighted by atomic mass is 9.95. The second-order valence-electron chi connectivity index (χ2n) is 4.64. The first-order chi connectivity index (χ1) is 6.04. The Labute approximate surface area is 80.9 Å². The van der Waals surface area contributed by atoms with Crippen molar-refractivity contribution in [1.82, 2.24) is 0 Å². The molecular formula is C11H20O2. The normalized spacial score (nSPS) is 30.1.